The van der Waals surface area contributed by atoms with E-state index in [1.54, 1.807) is 19.2 Å². The largest absolute Gasteiger partial charge is 0.495 e. The maximum atomic E-state index is 12.8. The van der Waals surface area contributed by atoms with E-state index in [4.69, 9.17) is 9.15 Å². The smallest absolute Gasteiger partial charge is 0.256 e. The van der Waals surface area contributed by atoms with Gasteiger partial charge in [0.1, 0.15) is 11.3 Å². The highest BCUT2D eigenvalue weighted by Crippen LogP contribution is 2.33. The van der Waals surface area contributed by atoms with Crippen LogP contribution in [0.15, 0.2) is 59.0 Å². The van der Waals surface area contributed by atoms with Gasteiger partial charge in [0.2, 0.25) is 5.89 Å². The van der Waals surface area contributed by atoms with Crippen LogP contribution < -0.4 is 10.1 Å². The molecule has 6 heteroatoms. The van der Waals surface area contributed by atoms with Crippen LogP contribution in [0.5, 0.6) is 5.75 Å². The minimum absolute atomic E-state index is 0.200. The maximum absolute atomic E-state index is 12.8. The number of fused-ring (bicyclic) bond motifs is 1. The van der Waals surface area contributed by atoms with E-state index < -0.39 is 0 Å². The van der Waals surface area contributed by atoms with Crippen molar-refractivity contribution in [2.45, 2.75) is 13.8 Å². The minimum atomic E-state index is -0.200. The molecule has 0 unspecified atom stereocenters. The lowest BCUT2D eigenvalue weighted by Crippen LogP contribution is -2.14. The molecule has 0 atom stereocenters. The number of halogens is 1. The molecule has 1 heterocycles. The number of carbonyl (C=O) groups excluding carboxylic acids is 1. The van der Waals surface area contributed by atoms with E-state index in [0.29, 0.717) is 22.9 Å². The van der Waals surface area contributed by atoms with E-state index in [-0.39, 0.29) is 5.91 Å². The summed E-state index contributed by atoms with van der Waals surface area (Å²) in [5, 5.41) is 2.94. The fourth-order valence-corrected chi connectivity index (χ4v) is 3.71. The molecule has 0 saturated heterocycles. The Morgan fingerprint density at radius 2 is 1.83 bits per heavy atom. The highest BCUT2D eigenvalue weighted by atomic mass is 127. The van der Waals surface area contributed by atoms with Crippen molar-refractivity contribution in [3.8, 4) is 17.2 Å². The van der Waals surface area contributed by atoms with Crippen molar-refractivity contribution in [2.24, 2.45) is 0 Å². The Bertz CT molecular complexity index is 1190. The highest BCUT2D eigenvalue weighted by molar-refractivity contribution is 14.1. The first kappa shape index (κ1) is 19.4. The van der Waals surface area contributed by atoms with Crippen LogP contribution in [0.25, 0.3) is 22.6 Å². The van der Waals surface area contributed by atoms with Crippen LogP contribution in [0.4, 0.5) is 5.69 Å². The summed E-state index contributed by atoms with van der Waals surface area (Å²) in [7, 11) is 1.57. The molecule has 4 rings (SSSR count). The molecule has 1 amide bonds. The summed E-state index contributed by atoms with van der Waals surface area (Å²) in [6.07, 6.45) is 0. The van der Waals surface area contributed by atoms with Crippen LogP contribution in [-0.4, -0.2) is 18.0 Å². The summed E-state index contributed by atoms with van der Waals surface area (Å²) < 4.78 is 12.3. The fraction of sp³-hybridized carbons (Fsp3) is 0.130. The van der Waals surface area contributed by atoms with Gasteiger partial charge >= 0.3 is 0 Å². The second kappa shape index (κ2) is 7.87. The first-order valence-corrected chi connectivity index (χ1v) is 10.2. The van der Waals surface area contributed by atoms with Gasteiger partial charge in [-0.3, -0.25) is 4.79 Å². The number of carbonyl (C=O) groups is 1. The van der Waals surface area contributed by atoms with Crippen molar-refractivity contribution in [1.82, 2.24) is 4.98 Å². The summed E-state index contributed by atoms with van der Waals surface area (Å²) in [5.74, 6) is 0.863. The Kier molecular flexibility index (Phi) is 5.27. The van der Waals surface area contributed by atoms with Crippen LogP contribution in [0, 0.1) is 17.4 Å². The number of methoxy groups -OCH3 is 1. The average molecular weight is 498 g/mol. The predicted molar refractivity (Wildman–Crippen MR) is 123 cm³/mol. The number of aromatic nitrogens is 1. The molecule has 1 N–H and O–H groups in total. The fourth-order valence-electron chi connectivity index (χ4n) is 3.08. The van der Waals surface area contributed by atoms with E-state index in [1.165, 1.54) is 0 Å². The van der Waals surface area contributed by atoms with E-state index in [1.807, 2.05) is 49.4 Å². The standard InChI is InChI=1S/C23H19IN2O3/c1-13-10-18-21(11-14(13)2)29-23(26-18)15-8-9-20(28-3)19(12-15)25-22(27)16-6-4-5-7-17(16)24/h4-12H,1-3H3,(H,25,27). The lowest BCUT2D eigenvalue weighted by molar-refractivity contribution is 0.102. The molecular weight excluding hydrogens is 479 g/mol. The second-order valence-corrected chi connectivity index (χ2v) is 7.93. The number of rotatable bonds is 4. The van der Waals surface area contributed by atoms with Gasteiger partial charge in [0.15, 0.2) is 5.58 Å². The van der Waals surface area contributed by atoms with Crippen LogP contribution in [0.1, 0.15) is 21.5 Å². The van der Waals surface area contributed by atoms with Crippen molar-refractivity contribution in [1.29, 1.82) is 0 Å². The summed E-state index contributed by atoms with van der Waals surface area (Å²) >= 11 is 2.15. The molecule has 4 aromatic rings. The Morgan fingerprint density at radius 3 is 2.59 bits per heavy atom. The summed E-state index contributed by atoms with van der Waals surface area (Å²) in [6, 6.07) is 16.9. The first-order chi connectivity index (χ1) is 14.0. The maximum Gasteiger partial charge on any atom is 0.256 e. The van der Waals surface area contributed by atoms with Gasteiger partial charge in [-0.05, 0) is 90.0 Å². The molecule has 146 valence electrons. The molecular formula is C23H19IN2O3. The molecule has 0 fully saturated rings. The number of anilines is 1. The van der Waals surface area contributed by atoms with Crippen LogP contribution >= 0.6 is 22.6 Å². The Balaban J connectivity index is 1.72. The van der Waals surface area contributed by atoms with Crippen molar-refractivity contribution in [2.75, 3.05) is 12.4 Å². The van der Waals surface area contributed by atoms with Gasteiger partial charge < -0.3 is 14.5 Å². The van der Waals surface area contributed by atoms with Crippen LogP contribution in [-0.2, 0) is 0 Å². The van der Waals surface area contributed by atoms with Gasteiger partial charge in [-0.15, -0.1) is 0 Å². The topological polar surface area (TPSA) is 64.4 Å². The van der Waals surface area contributed by atoms with Gasteiger partial charge in [-0.1, -0.05) is 12.1 Å². The Morgan fingerprint density at radius 1 is 1.07 bits per heavy atom. The van der Waals surface area contributed by atoms with Gasteiger partial charge in [0, 0.05) is 9.13 Å². The van der Waals surface area contributed by atoms with Crippen molar-refractivity contribution in [3.63, 3.8) is 0 Å². The molecule has 0 saturated carbocycles. The number of ether oxygens (including phenoxy) is 1. The second-order valence-electron chi connectivity index (χ2n) is 6.77. The predicted octanol–water partition coefficient (Wildman–Crippen LogP) is 5.98. The van der Waals surface area contributed by atoms with Crippen molar-refractivity contribution < 1.29 is 13.9 Å². The number of nitrogens with zero attached hydrogens (tertiary/aromatic N) is 1. The van der Waals surface area contributed by atoms with E-state index in [9.17, 15) is 4.79 Å². The lowest BCUT2D eigenvalue weighted by atomic mass is 10.1. The SMILES string of the molecule is COc1ccc(-c2nc3cc(C)c(C)cc3o2)cc1NC(=O)c1ccccc1I. The number of amides is 1. The van der Waals surface area contributed by atoms with E-state index >= 15 is 0 Å². The van der Waals surface area contributed by atoms with Gasteiger partial charge in [0.05, 0.1) is 18.4 Å². The summed E-state index contributed by atoms with van der Waals surface area (Å²) in [5.41, 5.74) is 5.79. The zero-order chi connectivity index (χ0) is 20.5. The molecule has 5 nitrogen and oxygen atoms in total. The number of nitrogens with one attached hydrogen (secondary N) is 1. The number of benzene rings is 3. The third-order valence-electron chi connectivity index (χ3n) is 4.82. The minimum Gasteiger partial charge on any atom is -0.495 e. The van der Waals surface area contributed by atoms with Gasteiger partial charge in [0.25, 0.3) is 5.91 Å². The molecule has 0 aliphatic carbocycles. The molecule has 29 heavy (non-hydrogen) atoms. The van der Waals surface area contributed by atoms with E-state index in [2.05, 4.69) is 39.8 Å². The molecule has 1 aromatic heterocycles. The first-order valence-electron chi connectivity index (χ1n) is 9.08. The number of aryl methyl sites for hydroxylation is 2. The molecule has 0 aliphatic heterocycles. The third-order valence-corrected chi connectivity index (χ3v) is 5.76. The highest BCUT2D eigenvalue weighted by Gasteiger charge is 2.16. The third kappa shape index (κ3) is 3.85. The molecule has 0 spiro atoms. The molecule has 3 aromatic carbocycles. The van der Waals surface area contributed by atoms with Crippen LogP contribution in [0.2, 0.25) is 0 Å². The zero-order valence-corrected chi connectivity index (χ0v) is 18.4. The lowest BCUT2D eigenvalue weighted by Gasteiger charge is -2.12. The molecule has 0 aliphatic rings. The van der Waals surface area contributed by atoms with Gasteiger partial charge in [-0.2, -0.15) is 0 Å². The monoisotopic (exact) mass is 498 g/mol. The number of hydrogen-bond acceptors (Lipinski definition) is 4. The Labute approximate surface area is 182 Å². The van der Waals surface area contributed by atoms with Crippen molar-refractivity contribution >= 4 is 45.3 Å². The van der Waals surface area contributed by atoms with Gasteiger partial charge in [-0.25, -0.2) is 4.98 Å². The molecule has 0 bridgehead atoms. The number of oxazole rings is 1. The van der Waals surface area contributed by atoms with E-state index in [0.717, 1.165) is 31.4 Å². The Hall–Kier alpha value is -2.87. The summed E-state index contributed by atoms with van der Waals surface area (Å²) in [6.45, 7) is 4.10. The normalized spacial score (nSPS) is 10.9. The molecule has 0 radical (unpaired) electrons. The summed E-state index contributed by atoms with van der Waals surface area (Å²) in [4.78, 5) is 17.4. The zero-order valence-electron chi connectivity index (χ0n) is 16.2. The number of hydrogen-bond donors (Lipinski definition) is 1. The average Bonchev–Trinajstić information content (AvgIpc) is 3.11. The van der Waals surface area contributed by atoms with Crippen molar-refractivity contribution in [3.05, 3.63) is 74.9 Å². The van der Waals surface area contributed by atoms with Crippen LogP contribution in [0.3, 0.4) is 0 Å². The quantitative estimate of drug-likeness (QED) is 0.352.